The van der Waals surface area contributed by atoms with Crippen molar-refractivity contribution in [1.29, 1.82) is 0 Å². The van der Waals surface area contributed by atoms with E-state index in [4.69, 9.17) is 0 Å². The van der Waals surface area contributed by atoms with Crippen molar-refractivity contribution >= 4 is 15.8 Å². The molecular formula is C19H20N2O3S. The van der Waals surface area contributed by atoms with Crippen molar-refractivity contribution in [3.05, 3.63) is 77.5 Å². The molecule has 0 amide bonds. The van der Waals surface area contributed by atoms with Gasteiger partial charge in [-0.05, 0) is 37.0 Å². The van der Waals surface area contributed by atoms with Gasteiger partial charge in [-0.25, -0.2) is 8.42 Å². The molecule has 0 saturated heterocycles. The number of carbonyl (C=O) groups is 1. The van der Waals surface area contributed by atoms with Crippen LogP contribution in [0.15, 0.2) is 71.3 Å². The Balaban J connectivity index is 1.70. The number of sulfonamides is 1. The average Bonchev–Trinajstić information content (AvgIpc) is 2.61. The van der Waals surface area contributed by atoms with Crippen LogP contribution in [0.2, 0.25) is 0 Å². The SMILES string of the molecule is Cc1ccc(S(=O)(=O)NNC2=CC(=O)C[C@H](c3ccccc3)C2)cc1. The minimum Gasteiger partial charge on any atom is -0.312 e. The smallest absolute Gasteiger partial charge is 0.257 e. The number of hydrazine groups is 1. The van der Waals surface area contributed by atoms with Gasteiger partial charge in [-0.3, -0.25) is 4.79 Å². The lowest BCUT2D eigenvalue weighted by Crippen LogP contribution is -2.38. The molecule has 0 fully saturated rings. The maximum atomic E-state index is 12.3. The maximum absolute atomic E-state index is 12.3. The lowest BCUT2D eigenvalue weighted by molar-refractivity contribution is -0.115. The van der Waals surface area contributed by atoms with Crippen LogP contribution in [0, 0.1) is 6.92 Å². The van der Waals surface area contributed by atoms with E-state index in [-0.39, 0.29) is 16.6 Å². The Kier molecular flexibility index (Phi) is 5.01. The van der Waals surface area contributed by atoms with Gasteiger partial charge in [0.05, 0.1) is 4.90 Å². The van der Waals surface area contributed by atoms with Gasteiger partial charge in [0.2, 0.25) is 0 Å². The Morgan fingerprint density at radius 3 is 2.32 bits per heavy atom. The van der Waals surface area contributed by atoms with Crippen LogP contribution in [0.5, 0.6) is 0 Å². The molecule has 0 spiro atoms. The van der Waals surface area contributed by atoms with E-state index in [0.29, 0.717) is 18.5 Å². The number of allylic oxidation sites excluding steroid dienone is 2. The molecule has 1 atom stereocenters. The fraction of sp³-hybridized carbons (Fsp3) is 0.211. The number of hydrogen-bond donors (Lipinski definition) is 2. The number of benzene rings is 2. The summed E-state index contributed by atoms with van der Waals surface area (Å²) in [6, 6.07) is 16.3. The Bertz CT molecular complexity index is 888. The van der Waals surface area contributed by atoms with Crippen LogP contribution in [-0.2, 0) is 14.8 Å². The van der Waals surface area contributed by atoms with Crippen LogP contribution >= 0.6 is 0 Å². The molecule has 1 aliphatic carbocycles. The summed E-state index contributed by atoms with van der Waals surface area (Å²) in [5.41, 5.74) is 5.34. The summed E-state index contributed by atoms with van der Waals surface area (Å²) in [6.45, 7) is 1.89. The van der Waals surface area contributed by atoms with Crippen molar-refractivity contribution in [2.45, 2.75) is 30.6 Å². The Hall–Kier alpha value is -2.44. The molecule has 2 aromatic carbocycles. The van der Waals surface area contributed by atoms with Gasteiger partial charge in [-0.15, -0.1) is 4.83 Å². The summed E-state index contributed by atoms with van der Waals surface area (Å²) in [5, 5.41) is 0. The van der Waals surface area contributed by atoms with E-state index >= 15 is 0 Å². The van der Waals surface area contributed by atoms with Crippen molar-refractivity contribution in [1.82, 2.24) is 10.3 Å². The molecule has 6 heteroatoms. The maximum Gasteiger partial charge on any atom is 0.257 e. The molecule has 0 bridgehead atoms. The van der Waals surface area contributed by atoms with E-state index < -0.39 is 10.0 Å². The summed E-state index contributed by atoms with van der Waals surface area (Å²) < 4.78 is 24.7. The molecule has 0 radical (unpaired) electrons. The fourth-order valence-electron chi connectivity index (χ4n) is 2.85. The number of rotatable bonds is 5. The topological polar surface area (TPSA) is 75.3 Å². The minimum absolute atomic E-state index is 0.0165. The molecule has 2 N–H and O–H groups in total. The monoisotopic (exact) mass is 356 g/mol. The van der Waals surface area contributed by atoms with E-state index in [0.717, 1.165) is 11.1 Å². The second kappa shape index (κ2) is 7.21. The molecule has 3 rings (SSSR count). The largest absolute Gasteiger partial charge is 0.312 e. The van der Waals surface area contributed by atoms with Crippen molar-refractivity contribution in [3.8, 4) is 0 Å². The molecule has 25 heavy (non-hydrogen) atoms. The highest BCUT2D eigenvalue weighted by Gasteiger charge is 2.23. The lowest BCUT2D eigenvalue weighted by Gasteiger charge is -2.23. The molecular weight excluding hydrogens is 336 g/mol. The first-order valence-corrected chi connectivity index (χ1v) is 9.55. The van der Waals surface area contributed by atoms with Crippen molar-refractivity contribution in [2.75, 3.05) is 0 Å². The molecule has 0 aliphatic heterocycles. The third-order valence-electron chi connectivity index (χ3n) is 4.20. The van der Waals surface area contributed by atoms with Crippen LogP contribution in [0.25, 0.3) is 0 Å². The summed E-state index contributed by atoms with van der Waals surface area (Å²) in [4.78, 5) is 14.5. The van der Waals surface area contributed by atoms with Gasteiger partial charge in [-0.2, -0.15) is 0 Å². The minimum atomic E-state index is -3.69. The fourth-order valence-corrected chi connectivity index (χ4v) is 3.73. The number of ketones is 1. The van der Waals surface area contributed by atoms with Gasteiger partial charge in [0, 0.05) is 18.2 Å². The third-order valence-corrected chi connectivity index (χ3v) is 5.46. The van der Waals surface area contributed by atoms with Gasteiger partial charge in [-0.1, -0.05) is 48.0 Å². The molecule has 0 aromatic heterocycles. The first kappa shape index (κ1) is 17.4. The molecule has 1 aliphatic rings. The standard InChI is InChI=1S/C19H20N2O3S/c1-14-7-9-19(10-8-14)25(23,24)21-20-17-11-16(12-18(22)13-17)15-5-3-2-4-6-15/h2-10,13,16,20-21H,11-12H2,1H3/t16-/m1/s1. The van der Waals surface area contributed by atoms with E-state index in [1.54, 1.807) is 24.3 Å². The number of aryl methyl sites for hydroxylation is 1. The second-order valence-corrected chi connectivity index (χ2v) is 7.88. The first-order chi connectivity index (χ1) is 11.9. The number of hydrogen-bond acceptors (Lipinski definition) is 4. The Morgan fingerprint density at radius 1 is 0.960 bits per heavy atom. The zero-order chi connectivity index (χ0) is 17.9. The highest BCUT2D eigenvalue weighted by atomic mass is 32.2. The Labute approximate surface area is 147 Å². The van der Waals surface area contributed by atoms with Crippen LogP contribution < -0.4 is 10.3 Å². The van der Waals surface area contributed by atoms with Gasteiger partial charge in [0.1, 0.15) is 0 Å². The van der Waals surface area contributed by atoms with Crippen LogP contribution in [-0.4, -0.2) is 14.2 Å². The summed E-state index contributed by atoms with van der Waals surface area (Å²) in [6.07, 6.45) is 2.48. The van der Waals surface area contributed by atoms with Crippen molar-refractivity contribution in [2.24, 2.45) is 0 Å². The zero-order valence-electron chi connectivity index (χ0n) is 13.9. The van der Waals surface area contributed by atoms with E-state index in [2.05, 4.69) is 10.3 Å². The number of carbonyl (C=O) groups excluding carboxylic acids is 1. The molecule has 0 heterocycles. The van der Waals surface area contributed by atoms with Crippen LogP contribution in [0.4, 0.5) is 0 Å². The summed E-state index contributed by atoms with van der Waals surface area (Å²) >= 11 is 0. The van der Waals surface area contributed by atoms with E-state index in [9.17, 15) is 13.2 Å². The second-order valence-electron chi connectivity index (χ2n) is 6.20. The highest BCUT2D eigenvalue weighted by Crippen LogP contribution is 2.30. The van der Waals surface area contributed by atoms with E-state index in [1.807, 2.05) is 37.3 Å². The molecule has 130 valence electrons. The van der Waals surface area contributed by atoms with Gasteiger partial charge in [0.25, 0.3) is 10.0 Å². The van der Waals surface area contributed by atoms with Crippen LogP contribution in [0.1, 0.15) is 29.9 Å². The molecule has 2 aromatic rings. The lowest BCUT2D eigenvalue weighted by atomic mass is 9.86. The Morgan fingerprint density at radius 2 is 1.64 bits per heavy atom. The number of nitrogens with one attached hydrogen (secondary N) is 2. The van der Waals surface area contributed by atoms with Gasteiger partial charge in [0.15, 0.2) is 5.78 Å². The summed E-state index contributed by atoms with van der Waals surface area (Å²) in [5.74, 6) is 0.0298. The van der Waals surface area contributed by atoms with Crippen molar-refractivity contribution in [3.63, 3.8) is 0 Å². The highest BCUT2D eigenvalue weighted by molar-refractivity contribution is 7.89. The predicted molar refractivity (Wildman–Crippen MR) is 96.1 cm³/mol. The molecule has 5 nitrogen and oxygen atoms in total. The van der Waals surface area contributed by atoms with Crippen LogP contribution in [0.3, 0.4) is 0 Å². The molecule has 0 saturated carbocycles. The normalized spacial score (nSPS) is 17.9. The summed E-state index contributed by atoms with van der Waals surface area (Å²) in [7, 11) is -3.69. The predicted octanol–water partition coefficient (Wildman–Crippen LogP) is 2.81. The zero-order valence-corrected chi connectivity index (χ0v) is 14.7. The van der Waals surface area contributed by atoms with E-state index in [1.165, 1.54) is 6.08 Å². The quantitative estimate of drug-likeness (QED) is 0.808. The van der Waals surface area contributed by atoms with Gasteiger partial charge < -0.3 is 5.43 Å². The van der Waals surface area contributed by atoms with Gasteiger partial charge >= 0.3 is 0 Å². The molecule has 0 unspecified atom stereocenters. The average molecular weight is 356 g/mol. The third kappa shape index (κ3) is 4.35. The first-order valence-electron chi connectivity index (χ1n) is 8.07. The van der Waals surface area contributed by atoms with Crippen molar-refractivity contribution < 1.29 is 13.2 Å².